The van der Waals surface area contributed by atoms with Gasteiger partial charge in [-0.05, 0) is 44.1 Å². The summed E-state index contributed by atoms with van der Waals surface area (Å²) in [6, 6.07) is 2.28. The fourth-order valence-electron chi connectivity index (χ4n) is 4.21. The summed E-state index contributed by atoms with van der Waals surface area (Å²) in [5.74, 6) is 0.769. The van der Waals surface area contributed by atoms with Crippen LogP contribution in [0.1, 0.15) is 61.3 Å². The van der Waals surface area contributed by atoms with Gasteiger partial charge in [0, 0.05) is 18.8 Å². The van der Waals surface area contributed by atoms with Crippen molar-refractivity contribution in [1.29, 1.82) is 0 Å². The third kappa shape index (κ3) is 4.15. The highest BCUT2D eigenvalue weighted by molar-refractivity contribution is 7.91. The van der Waals surface area contributed by atoms with Crippen LogP contribution >= 0.6 is 0 Å². The van der Waals surface area contributed by atoms with Crippen molar-refractivity contribution in [2.24, 2.45) is 5.92 Å². The molecule has 2 fully saturated rings. The van der Waals surface area contributed by atoms with Gasteiger partial charge >= 0.3 is 0 Å². The van der Waals surface area contributed by atoms with E-state index in [2.05, 4.69) is 19.9 Å². The lowest BCUT2D eigenvalue weighted by atomic mass is 9.99. The van der Waals surface area contributed by atoms with E-state index in [1.165, 1.54) is 12.8 Å². The summed E-state index contributed by atoms with van der Waals surface area (Å²) in [5, 5.41) is 2.93. The van der Waals surface area contributed by atoms with Gasteiger partial charge in [0.15, 0.2) is 5.65 Å². The molecule has 1 saturated carbocycles. The summed E-state index contributed by atoms with van der Waals surface area (Å²) in [6.07, 6.45) is 10.5. The number of pyridine rings is 1. The van der Waals surface area contributed by atoms with Crippen molar-refractivity contribution in [3.05, 3.63) is 24.2 Å². The minimum Gasteiger partial charge on any atom is -0.352 e. The molecule has 1 aliphatic carbocycles. The zero-order chi connectivity index (χ0) is 18.9. The number of aromatic nitrogens is 3. The van der Waals surface area contributed by atoms with Gasteiger partial charge in [-0.15, -0.1) is 0 Å². The van der Waals surface area contributed by atoms with E-state index < -0.39 is 9.84 Å². The van der Waals surface area contributed by atoms with Crippen molar-refractivity contribution in [2.75, 3.05) is 18.1 Å². The molecule has 0 unspecified atom stereocenters. The number of nitrogens with zero attached hydrogens (tertiary/aromatic N) is 3. The first-order valence-electron chi connectivity index (χ1n) is 9.83. The number of carbonyl (C=O) groups is 1. The molecular weight excluding hydrogens is 364 g/mol. The first-order chi connectivity index (χ1) is 13.0. The average Bonchev–Trinajstić information content (AvgIpc) is 3.31. The third-order valence-corrected chi connectivity index (χ3v) is 7.62. The Balaban J connectivity index is 1.34. The Morgan fingerprint density at radius 3 is 2.63 bits per heavy atom. The van der Waals surface area contributed by atoms with Crippen molar-refractivity contribution < 1.29 is 13.2 Å². The van der Waals surface area contributed by atoms with Gasteiger partial charge in [0.25, 0.3) is 5.91 Å². The van der Waals surface area contributed by atoms with Gasteiger partial charge in [0.05, 0.1) is 23.4 Å². The molecule has 4 rings (SSSR count). The third-order valence-electron chi connectivity index (χ3n) is 5.91. The zero-order valence-corrected chi connectivity index (χ0v) is 16.2. The van der Waals surface area contributed by atoms with Gasteiger partial charge in [0.1, 0.15) is 15.4 Å². The highest BCUT2D eigenvalue weighted by Gasteiger charge is 2.23. The minimum atomic E-state index is -2.83. The Bertz CT molecular complexity index is 918. The van der Waals surface area contributed by atoms with Crippen LogP contribution in [-0.2, 0) is 9.84 Å². The number of amides is 1. The van der Waals surface area contributed by atoms with Crippen LogP contribution in [0.4, 0.5) is 0 Å². The Morgan fingerprint density at radius 1 is 1.15 bits per heavy atom. The van der Waals surface area contributed by atoms with E-state index in [0.29, 0.717) is 36.9 Å². The number of rotatable bonds is 5. The normalized spacial score (nSPS) is 20.9. The van der Waals surface area contributed by atoms with Gasteiger partial charge in [0.2, 0.25) is 0 Å². The second kappa shape index (κ2) is 7.58. The quantitative estimate of drug-likeness (QED) is 0.846. The molecule has 0 atom stereocenters. The van der Waals surface area contributed by atoms with Crippen molar-refractivity contribution >= 4 is 26.9 Å². The maximum Gasteiger partial charge on any atom is 0.252 e. The number of carbonyl (C=O) groups excluding carboxylic acids is 1. The molecule has 8 heteroatoms. The number of fused-ring (bicyclic) bond motifs is 1. The van der Waals surface area contributed by atoms with Crippen LogP contribution in [0.2, 0.25) is 0 Å². The molecule has 2 aliphatic rings. The lowest BCUT2D eigenvalue weighted by Crippen LogP contribution is -2.29. The van der Waals surface area contributed by atoms with E-state index >= 15 is 0 Å². The molecule has 2 aromatic rings. The van der Waals surface area contributed by atoms with E-state index in [-0.39, 0.29) is 17.4 Å². The lowest BCUT2D eigenvalue weighted by Gasteiger charge is -2.21. The Morgan fingerprint density at radius 2 is 1.89 bits per heavy atom. The first-order valence-corrected chi connectivity index (χ1v) is 11.7. The summed E-state index contributed by atoms with van der Waals surface area (Å²) in [6.45, 7) is 0.554. The van der Waals surface area contributed by atoms with Gasteiger partial charge in [-0.1, -0.05) is 12.8 Å². The van der Waals surface area contributed by atoms with Gasteiger partial charge in [-0.3, -0.25) is 4.79 Å². The van der Waals surface area contributed by atoms with Gasteiger partial charge in [-0.25, -0.2) is 18.4 Å². The SMILES string of the molecule is O=C(NCCC1CCS(=O)(=O)CC1)c1cnc2c(c1)ncn2C1CCCC1. The van der Waals surface area contributed by atoms with E-state index in [1.54, 1.807) is 12.3 Å². The van der Waals surface area contributed by atoms with Crippen LogP contribution in [0.25, 0.3) is 11.2 Å². The van der Waals surface area contributed by atoms with E-state index in [1.807, 2.05) is 6.33 Å². The van der Waals surface area contributed by atoms with Crippen molar-refractivity contribution in [3.63, 3.8) is 0 Å². The van der Waals surface area contributed by atoms with Gasteiger partial charge < -0.3 is 9.88 Å². The molecule has 1 aliphatic heterocycles. The summed E-state index contributed by atoms with van der Waals surface area (Å²) >= 11 is 0. The van der Waals surface area contributed by atoms with Gasteiger partial charge in [-0.2, -0.15) is 0 Å². The molecule has 0 aromatic carbocycles. The number of hydrogen-bond acceptors (Lipinski definition) is 5. The molecule has 1 amide bonds. The predicted octanol–water partition coefficient (Wildman–Crippen LogP) is 2.49. The Hall–Kier alpha value is -1.96. The number of sulfone groups is 1. The maximum atomic E-state index is 12.4. The molecule has 7 nitrogen and oxygen atoms in total. The minimum absolute atomic E-state index is 0.150. The van der Waals surface area contributed by atoms with Crippen LogP contribution < -0.4 is 5.32 Å². The van der Waals surface area contributed by atoms with Crippen molar-refractivity contribution in [3.8, 4) is 0 Å². The van der Waals surface area contributed by atoms with Crippen LogP contribution in [0.15, 0.2) is 18.6 Å². The van der Waals surface area contributed by atoms with Crippen LogP contribution in [-0.4, -0.2) is 46.9 Å². The van der Waals surface area contributed by atoms with E-state index in [9.17, 15) is 13.2 Å². The number of hydrogen-bond donors (Lipinski definition) is 1. The predicted molar refractivity (Wildman–Crippen MR) is 103 cm³/mol. The maximum absolute atomic E-state index is 12.4. The van der Waals surface area contributed by atoms with E-state index in [4.69, 9.17) is 0 Å². The monoisotopic (exact) mass is 390 g/mol. The molecular formula is C19H26N4O3S. The lowest BCUT2D eigenvalue weighted by molar-refractivity contribution is 0.0951. The fourth-order valence-corrected chi connectivity index (χ4v) is 5.80. The fraction of sp³-hybridized carbons (Fsp3) is 0.632. The molecule has 3 heterocycles. The summed E-state index contributed by atoms with van der Waals surface area (Å²) in [4.78, 5) is 21.3. The molecule has 146 valence electrons. The van der Waals surface area contributed by atoms with Crippen molar-refractivity contribution in [1.82, 2.24) is 19.9 Å². The van der Waals surface area contributed by atoms with E-state index in [0.717, 1.165) is 30.4 Å². The van der Waals surface area contributed by atoms with Crippen molar-refractivity contribution in [2.45, 2.75) is 51.0 Å². The summed E-state index contributed by atoms with van der Waals surface area (Å²) in [7, 11) is -2.83. The smallest absolute Gasteiger partial charge is 0.252 e. The topological polar surface area (TPSA) is 93.9 Å². The number of nitrogens with one attached hydrogen (secondary N) is 1. The second-order valence-electron chi connectivity index (χ2n) is 7.80. The molecule has 1 saturated heterocycles. The van der Waals surface area contributed by atoms with Crippen LogP contribution in [0, 0.1) is 5.92 Å². The highest BCUT2D eigenvalue weighted by atomic mass is 32.2. The van der Waals surface area contributed by atoms with Crippen LogP contribution in [0.5, 0.6) is 0 Å². The Kier molecular flexibility index (Phi) is 5.16. The standard InChI is InChI=1S/C19H26N4O3S/c24-19(20-8-5-14-6-9-27(25,26)10-7-14)15-11-17-18(21-12-15)23(13-22-17)16-3-1-2-4-16/h11-14,16H,1-10H2,(H,20,24). The number of imidazole rings is 1. The highest BCUT2D eigenvalue weighted by Crippen LogP contribution is 2.31. The first kappa shape index (κ1) is 18.4. The second-order valence-corrected chi connectivity index (χ2v) is 10.1. The average molecular weight is 391 g/mol. The molecule has 0 radical (unpaired) electrons. The molecule has 1 N–H and O–H groups in total. The van der Waals surface area contributed by atoms with Crippen LogP contribution in [0.3, 0.4) is 0 Å². The zero-order valence-electron chi connectivity index (χ0n) is 15.4. The summed E-state index contributed by atoms with van der Waals surface area (Å²) in [5.41, 5.74) is 2.12. The molecule has 0 spiro atoms. The molecule has 0 bridgehead atoms. The molecule has 27 heavy (non-hydrogen) atoms. The summed E-state index contributed by atoms with van der Waals surface area (Å²) < 4.78 is 25.1. The molecule has 2 aromatic heterocycles. The Labute approximate surface area is 159 Å². The largest absolute Gasteiger partial charge is 0.352 e.